The topological polar surface area (TPSA) is 228 Å². The number of carbonyl (C=O) groups excluding carboxylic acids is 7. The van der Waals surface area contributed by atoms with Crippen LogP contribution in [-0.4, -0.2) is 162 Å². The second-order valence-corrected chi connectivity index (χ2v) is 10.2. The summed E-state index contributed by atoms with van der Waals surface area (Å²) in [5, 5.41) is 11.2. The average molecular weight is 685 g/mol. The van der Waals surface area contributed by atoms with Crippen molar-refractivity contribution in [2.24, 2.45) is 0 Å². The van der Waals surface area contributed by atoms with E-state index in [9.17, 15) is 43.7 Å². The van der Waals surface area contributed by atoms with Crippen LogP contribution in [0.25, 0.3) is 0 Å². The zero-order valence-corrected chi connectivity index (χ0v) is 27.6. The number of nitro groups is 1. The lowest BCUT2D eigenvalue weighted by atomic mass is 9.85. The highest BCUT2D eigenvalue weighted by molar-refractivity contribution is 5.92. The number of benzene rings is 1. The highest BCUT2D eigenvalue weighted by atomic mass is 16.6. The van der Waals surface area contributed by atoms with Gasteiger partial charge in [0, 0.05) is 31.6 Å². The van der Waals surface area contributed by atoms with E-state index in [-0.39, 0.29) is 11.3 Å². The van der Waals surface area contributed by atoms with Crippen molar-refractivity contribution in [3.8, 4) is 0 Å². The molecule has 0 amide bonds. The van der Waals surface area contributed by atoms with Gasteiger partial charge in [0.05, 0.1) is 86.9 Å². The van der Waals surface area contributed by atoms with Gasteiger partial charge in [0.1, 0.15) is 5.54 Å². The molecule has 0 saturated carbocycles. The number of ether oxygens (including phenoxy) is 6. The molecule has 0 fully saturated rings. The molecule has 1 rings (SSSR count). The molecule has 0 saturated heterocycles. The molecular formula is C29H40N4O15. The Morgan fingerprint density at radius 1 is 0.583 bits per heavy atom. The Morgan fingerprint density at radius 3 is 1.19 bits per heavy atom. The van der Waals surface area contributed by atoms with Crippen LogP contribution in [0.1, 0.15) is 5.56 Å². The average Bonchev–Trinajstić information content (AvgIpc) is 3.06. The minimum atomic E-state index is -2.16. The van der Waals surface area contributed by atoms with Gasteiger partial charge in [-0.2, -0.15) is 0 Å². The van der Waals surface area contributed by atoms with E-state index < -0.39 is 111 Å². The Kier molecular flexibility index (Phi) is 17.3. The molecule has 0 radical (unpaired) electrons. The summed E-state index contributed by atoms with van der Waals surface area (Å²) in [6.07, 6.45) is -0.495. The quantitative estimate of drug-likeness (QED) is 0.0614. The molecule has 0 aromatic heterocycles. The molecule has 1 aromatic rings. The number of non-ortho nitro benzene ring substituents is 1. The summed E-state index contributed by atoms with van der Waals surface area (Å²) in [4.78, 5) is 104. The normalized spacial score (nSPS) is 11.1. The molecule has 19 heteroatoms. The van der Waals surface area contributed by atoms with Gasteiger partial charge in [-0.1, -0.05) is 12.1 Å². The molecule has 266 valence electrons. The SMILES string of the molecule is COC(=O)CN(CC(=O)OC)CC(CN(CC(=O)OC)CC(=O)OC)(C(=O)Cc1ccc([N+](=O)[O-])cc1)N(CC(=O)OC)CC(=O)OC. The second kappa shape index (κ2) is 20.3. The Labute approximate surface area is 276 Å². The van der Waals surface area contributed by atoms with Crippen LogP contribution < -0.4 is 0 Å². The molecule has 0 bridgehead atoms. The third-order valence-electron chi connectivity index (χ3n) is 7.02. The zero-order chi connectivity index (χ0) is 36.4. The van der Waals surface area contributed by atoms with Gasteiger partial charge < -0.3 is 28.4 Å². The molecule has 19 nitrogen and oxygen atoms in total. The van der Waals surface area contributed by atoms with Crippen molar-refractivity contribution in [1.82, 2.24) is 14.7 Å². The lowest BCUT2D eigenvalue weighted by Gasteiger charge is -2.46. The maximum absolute atomic E-state index is 14.7. The van der Waals surface area contributed by atoms with Crippen LogP contribution in [0.3, 0.4) is 0 Å². The number of carbonyl (C=O) groups is 7. The fourth-order valence-corrected chi connectivity index (χ4v) is 4.55. The van der Waals surface area contributed by atoms with E-state index in [1.54, 1.807) is 0 Å². The van der Waals surface area contributed by atoms with Crippen molar-refractivity contribution >= 4 is 47.3 Å². The number of Topliss-reactive ketones (excluding diaryl/α,β-unsaturated/α-hetero) is 1. The second-order valence-electron chi connectivity index (χ2n) is 10.2. The van der Waals surface area contributed by atoms with Crippen LogP contribution in [0.4, 0.5) is 5.69 Å². The minimum Gasteiger partial charge on any atom is -0.468 e. The van der Waals surface area contributed by atoms with Crippen molar-refractivity contribution in [3.63, 3.8) is 0 Å². The van der Waals surface area contributed by atoms with Gasteiger partial charge in [0.15, 0.2) is 5.78 Å². The van der Waals surface area contributed by atoms with Crippen molar-refractivity contribution in [2.45, 2.75) is 12.0 Å². The largest absolute Gasteiger partial charge is 0.468 e. The Hall–Kier alpha value is -5.01. The molecule has 0 aliphatic heterocycles. The maximum atomic E-state index is 14.7. The van der Waals surface area contributed by atoms with E-state index in [0.717, 1.165) is 69.5 Å². The standard InChI is InChI=1S/C29H40N4O15/c1-43-23(35)12-30(13-24(36)44-2)18-29(32(16-27(39)47-5)17-28(40)48-6,19-31(14-25(37)45-3)15-26(38)46-4)22(34)11-20-7-9-21(10-8-20)33(41)42/h7-10H,11-19H2,1-6H3. The lowest BCUT2D eigenvalue weighted by Crippen LogP contribution is -2.69. The summed E-state index contributed by atoms with van der Waals surface area (Å²) in [6, 6.07) is 4.94. The third-order valence-corrected chi connectivity index (χ3v) is 7.02. The number of rotatable bonds is 21. The van der Waals surface area contributed by atoms with Crippen LogP contribution in [-0.2, 0) is 68.4 Å². The van der Waals surface area contributed by atoms with Crippen LogP contribution in [0, 0.1) is 10.1 Å². The molecule has 0 N–H and O–H groups in total. The fraction of sp³-hybridized carbons (Fsp3) is 0.552. The van der Waals surface area contributed by atoms with Gasteiger partial charge >= 0.3 is 35.8 Å². The number of hydrogen-bond donors (Lipinski definition) is 0. The van der Waals surface area contributed by atoms with Crippen LogP contribution in [0.5, 0.6) is 0 Å². The zero-order valence-electron chi connectivity index (χ0n) is 27.6. The van der Waals surface area contributed by atoms with E-state index >= 15 is 0 Å². The molecule has 0 atom stereocenters. The van der Waals surface area contributed by atoms with Gasteiger partial charge in [-0.3, -0.25) is 58.4 Å². The number of esters is 6. The van der Waals surface area contributed by atoms with Crippen LogP contribution in [0.15, 0.2) is 24.3 Å². The maximum Gasteiger partial charge on any atom is 0.319 e. The lowest BCUT2D eigenvalue weighted by molar-refractivity contribution is -0.384. The smallest absolute Gasteiger partial charge is 0.319 e. The van der Waals surface area contributed by atoms with E-state index in [2.05, 4.69) is 0 Å². The first-order chi connectivity index (χ1) is 22.7. The highest BCUT2D eigenvalue weighted by Gasteiger charge is 2.48. The molecule has 0 unspecified atom stereocenters. The number of ketones is 1. The molecule has 0 aliphatic carbocycles. The summed E-state index contributed by atoms with van der Waals surface area (Å²) in [5.41, 5.74) is -2.17. The summed E-state index contributed by atoms with van der Waals surface area (Å²) in [6.45, 7) is -5.12. The fourth-order valence-electron chi connectivity index (χ4n) is 4.55. The molecule has 48 heavy (non-hydrogen) atoms. The molecular weight excluding hydrogens is 644 g/mol. The first-order valence-electron chi connectivity index (χ1n) is 14.1. The highest BCUT2D eigenvalue weighted by Crippen LogP contribution is 2.25. The Balaban J connectivity index is 4.14. The number of nitro benzene ring substituents is 1. The summed E-state index contributed by atoms with van der Waals surface area (Å²) in [5.74, 6) is -6.00. The Morgan fingerprint density at radius 2 is 0.896 bits per heavy atom. The molecule has 0 heterocycles. The number of hydrogen-bond acceptors (Lipinski definition) is 18. The van der Waals surface area contributed by atoms with Gasteiger partial charge in [0.2, 0.25) is 0 Å². The van der Waals surface area contributed by atoms with E-state index in [1.807, 2.05) is 0 Å². The first-order valence-corrected chi connectivity index (χ1v) is 14.1. The van der Waals surface area contributed by atoms with Crippen LogP contribution in [0.2, 0.25) is 0 Å². The van der Waals surface area contributed by atoms with Crippen molar-refractivity contribution in [3.05, 3.63) is 39.9 Å². The van der Waals surface area contributed by atoms with Crippen molar-refractivity contribution < 1.29 is 66.9 Å². The van der Waals surface area contributed by atoms with Gasteiger partial charge in [0.25, 0.3) is 5.69 Å². The van der Waals surface area contributed by atoms with Gasteiger partial charge in [-0.15, -0.1) is 0 Å². The predicted octanol–water partition coefficient (Wildman–Crippen LogP) is -1.61. The summed E-state index contributed by atoms with van der Waals surface area (Å²) < 4.78 is 28.7. The van der Waals surface area contributed by atoms with E-state index in [1.165, 1.54) is 12.1 Å². The van der Waals surface area contributed by atoms with Crippen molar-refractivity contribution in [1.29, 1.82) is 0 Å². The summed E-state index contributed by atoms with van der Waals surface area (Å²) >= 11 is 0. The first kappa shape index (κ1) is 41.0. The van der Waals surface area contributed by atoms with E-state index in [4.69, 9.17) is 28.4 Å². The molecule has 1 aromatic carbocycles. The number of methoxy groups -OCH3 is 6. The molecule has 0 aliphatic rings. The van der Waals surface area contributed by atoms with Gasteiger partial charge in [-0.25, -0.2) is 0 Å². The van der Waals surface area contributed by atoms with Gasteiger partial charge in [-0.05, 0) is 5.56 Å². The minimum absolute atomic E-state index is 0.256. The third kappa shape index (κ3) is 13.0. The monoisotopic (exact) mass is 684 g/mol. The summed E-state index contributed by atoms with van der Waals surface area (Å²) in [7, 11) is 6.45. The Bertz CT molecular complexity index is 1220. The predicted molar refractivity (Wildman–Crippen MR) is 161 cm³/mol. The number of nitrogens with zero attached hydrogens (tertiary/aromatic N) is 4. The van der Waals surface area contributed by atoms with E-state index in [0.29, 0.717) is 0 Å². The molecule has 0 spiro atoms. The van der Waals surface area contributed by atoms with Crippen LogP contribution >= 0.6 is 0 Å². The van der Waals surface area contributed by atoms with Crippen molar-refractivity contribution in [2.75, 3.05) is 95.0 Å².